The van der Waals surface area contributed by atoms with Crippen LogP contribution in [-0.2, 0) is 10.0 Å². The number of aromatic nitrogens is 5. The zero-order valence-electron chi connectivity index (χ0n) is 21.1. The minimum atomic E-state index is -3.51. The van der Waals surface area contributed by atoms with E-state index < -0.39 is 10.0 Å². The second-order valence-corrected chi connectivity index (χ2v) is 10.3. The van der Waals surface area contributed by atoms with Crippen LogP contribution in [0.4, 0.5) is 17.5 Å². The number of rotatable bonds is 9. The number of nitrogens with one attached hydrogen (secondary N) is 3. The molecule has 0 aliphatic rings. The standard InChI is InChI=1S/C27H25N9O2S/c1-19(20-8-10-24(11-9-20)39(37,38)28-2)34-35-25-16-26(33-27(32-25)31-23-6-4-3-5-7-23)36-18-22(17-30-36)21-12-14-29-15-13-21/h3-18,28H,1-2H3,(H2,31,32,33,35). The van der Waals surface area contributed by atoms with Crippen LogP contribution in [0.25, 0.3) is 16.9 Å². The molecule has 0 saturated carbocycles. The molecule has 0 atom stereocenters. The van der Waals surface area contributed by atoms with Crippen LogP contribution in [0, 0.1) is 0 Å². The summed E-state index contributed by atoms with van der Waals surface area (Å²) in [7, 11) is -2.14. The van der Waals surface area contributed by atoms with Crippen molar-refractivity contribution >= 4 is 33.2 Å². The van der Waals surface area contributed by atoms with Gasteiger partial charge in [-0.25, -0.2) is 17.8 Å². The summed E-state index contributed by atoms with van der Waals surface area (Å²) >= 11 is 0. The molecule has 39 heavy (non-hydrogen) atoms. The number of nitrogens with zero attached hydrogens (tertiary/aromatic N) is 6. The summed E-state index contributed by atoms with van der Waals surface area (Å²) in [6.07, 6.45) is 7.10. The first-order valence-electron chi connectivity index (χ1n) is 11.9. The van der Waals surface area contributed by atoms with Crippen molar-refractivity contribution in [1.82, 2.24) is 29.5 Å². The van der Waals surface area contributed by atoms with Crippen LogP contribution < -0.4 is 15.5 Å². The van der Waals surface area contributed by atoms with Gasteiger partial charge in [0.25, 0.3) is 0 Å². The van der Waals surface area contributed by atoms with Crippen LogP contribution in [0.1, 0.15) is 12.5 Å². The van der Waals surface area contributed by atoms with Crippen molar-refractivity contribution in [2.45, 2.75) is 11.8 Å². The SMILES string of the molecule is CNS(=O)(=O)c1ccc(C(C)=NNc2cc(-n3cc(-c4ccncc4)cn3)nc(Nc3ccccc3)n2)cc1. The van der Waals surface area contributed by atoms with Crippen LogP contribution in [0.5, 0.6) is 0 Å². The summed E-state index contributed by atoms with van der Waals surface area (Å²) in [5.74, 6) is 1.32. The summed E-state index contributed by atoms with van der Waals surface area (Å²) in [5.41, 5.74) is 7.11. The number of benzene rings is 2. The van der Waals surface area contributed by atoms with Gasteiger partial charge in [0.15, 0.2) is 11.6 Å². The lowest BCUT2D eigenvalue weighted by molar-refractivity contribution is 0.588. The van der Waals surface area contributed by atoms with Gasteiger partial charge < -0.3 is 5.32 Å². The van der Waals surface area contributed by atoms with Gasteiger partial charge in [-0.15, -0.1) is 0 Å². The van der Waals surface area contributed by atoms with Crippen LogP contribution in [-0.4, -0.2) is 45.9 Å². The van der Waals surface area contributed by atoms with Crippen molar-refractivity contribution in [3.63, 3.8) is 0 Å². The highest BCUT2D eigenvalue weighted by Crippen LogP contribution is 2.22. The summed E-state index contributed by atoms with van der Waals surface area (Å²) in [4.78, 5) is 13.5. The number of para-hydroxylation sites is 1. The summed E-state index contributed by atoms with van der Waals surface area (Å²) in [5, 5.41) is 12.2. The molecule has 3 aromatic heterocycles. The van der Waals surface area contributed by atoms with E-state index in [-0.39, 0.29) is 4.90 Å². The van der Waals surface area contributed by atoms with Gasteiger partial charge in [0.2, 0.25) is 16.0 Å². The first-order chi connectivity index (χ1) is 18.9. The predicted octanol–water partition coefficient (Wildman–Crippen LogP) is 4.21. The van der Waals surface area contributed by atoms with E-state index in [2.05, 4.69) is 40.6 Å². The average Bonchev–Trinajstić information content (AvgIpc) is 3.48. The predicted molar refractivity (Wildman–Crippen MR) is 151 cm³/mol. The lowest BCUT2D eigenvalue weighted by Gasteiger charge is -2.10. The van der Waals surface area contributed by atoms with Gasteiger partial charge in [-0.1, -0.05) is 30.3 Å². The quantitative estimate of drug-likeness (QED) is 0.187. The molecule has 0 fully saturated rings. The Hall–Kier alpha value is -4.94. The summed E-state index contributed by atoms with van der Waals surface area (Å²) in [6, 6.07) is 21.6. The number of hydrogen-bond acceptors (Lipinski definition) is 9. The van der Waals surface area contributed by atoms with Crippen molar-refractivity contribution in [2.75, 3.05) is 17.8 Å². The second-order valence-electron chi connectivity index (χ2n) is 8.38. The molecular formula is C27H25N9O2S. The lowest BCUT2D eigenvalue weighted by Crippen LogP contribution is -2.18. The van der Waals surface area contributed by atoms with E-state index in [0.29, 0.717) is 23.3 Å². The maximum Gasteiger partial charge on any atom is 0.240 e. The van der Waals surface area contributed by atoms with E-state index >= 15 is 0 Å². The van der Waals surface area contributed by atoms with Crippen molar-refractivity contribution in [1.29, 1.82) is 0 Å². The molecule has 5 rings (SSSR count). The second kappa shape index (κ2) is 11.2. The highest BCUT2D eigenvalue weighted by molar-refractivity contribution is 7.89. The van der Waals surface area contributed by atoms with Crippen LogP contribution in [0.2, 0.25) is 0 Å². The monoisotopic (exact) mass is 539 g/mol. The Morgan fingerprint density at radius 1 is 0.923 bits per heavy atom. The fourth-order valence-corrected chi connectivity index (χ4v) is 4.39. The molecule has 196 valence electrons. The molecule has 0 saturated heterocycles. The number of anilines is 3. The topological polar surface area (TPSA) is 139 Å². The van der Waals surface area contributed by atoms with E-state index in [9.17, 15) is 8.42 Å². The van der Waals surface area contributed by atoms with Gasteiger partial charge in [-0.3, -0.25) is 10.4 Å². The molecule has 2 aromatic carbocycles. The number of pyridine rings is 1. The molecule has 0 bridgehead atoms. The Morgan fingerprint density at radius 3 is 2.38 bits per heavy atom. The van der Waals surface area contributed by atoms with Gasteiger partial charge in [0.05, 0.1) is 16.8 Å². The Bertz CT molecular complexity index is 1700. The van der Waals surface area contributed by atoms with Gasteiger partial charge in [-0.2, -0.15) is 20.2 Å². The molecule has 0 aliphatic heterocycles. The first-order valence-corrected chi connectivity index (χ1v) is 13.4. The molecular weight excluding hydrogens is 514 g/mol. The van der Waals surface area contributed by atoms with Gasteiger partial charge in [0, 0.05) is 35.9 Å². The molecule has 3 heterocycles. The van der Waals surface area contributed by atoms with Gasteiger partial charge in [0.1, 0.15) is 0 Å². The molecule has 11 nitrogen and oxygen atoms in total. The van der Waals surface area contributed by atoms with Gasteiger partial charge in [-0.05, 0) is 61.5 Å². The van der Waals surface area contributed by atoms with Crippen molar-refractivity contribution in [3.8, 4) is 16.9 Å². The molecule has 0 amide bonds. The third-order valence-corrected chi connectivity index (χ3v) is 7.19. The number of hydrogen-bond donors (Lipinski definition) is 3. The number of hydrazone groups is 1. The largest absolute Gasteiger partial charge is 0.324 e. The molecule has 0 spiro atoms. The Balaban J connectivity index is 1.44. The van der Waals surface area contributed by atoms with E-state index in [1.54, 1.807) is 41.5 Å². The van der Waals surface area contributed by atoms with Crippen molar-refractivity contribution in [3.05, 3.63) is 103 Å². The van der Waals surface area contributed by atoms with Crippen molar-refractivity contribution in [2.24, 2.45) is 5.10 Å². The first kappa shape index (κ1) is 25.7. The minimum absolute atomic E-state index is 0.178. The maximum atomic E-state index is 12.0. The van der Waals surface area contributed by atoms with Crippen LogP contribution in [0.3, 0.4) is 0 Å². The molecule has 3 N–H and O–H groups in total. The highest BCUT2D eigenvalue weighted by Gasteiger charge is 2.12. The molecule has 5 aromatic rings. The van der Waals surface area contributed by atoms with Crippen LogP contribution in [0.15, 0.2) is 108 Å². The maximum absolute atomic E-state index is 12.0. The Morgan fingerprint density at radius 2 is 1.67 bits per heavy atom. The minimum Gasteiger partial charge on any atom is -0.324 e. The number of sulfonamides is 1. The Kier molecular flexibility index (Phi) is 7.39. The molecule has 0 radical (unpaired) electrons. The third kappa shape index (κ3) is 6.14. The van der Waals surface area contributed by atoms with E-state index in [4.69, 9.17) is 0 Å². The molecule has 0 aliphatic carbocycles. The van der Waals surface area contributed by atoms with E-state index in [1.807, 2.05) is 55.6 Å². The van der Waals surface area contributed by atoms with E-state index in [1.165, 1.54) is 19.2 Å². The highest BCUT2D eigenvalue weighted by atomic mass is 32.2. The summed E-state index contributed by atoms with van der Waals surface area (Å²) < 4.78 is 28.0. The zero-order chi connectivity index (χ0) is 27.2. The van der Waals surface area contributed by atoms with E-state index in [0.717, 1.165) is 22.4 Å². The summed E-state index contributed by atoms with van der Waals surface area (Å²) in [6.45, 7) is 1.81. The van der Waals surface area contributed by atoms with Gasteiger partial charge >= 0.3 is 0 Å². The van der Waals surface area contributed by atoms with Crippen molar-refractivity contribution < 1.29 is 8.42 Å². The fourth-order valence-electron chi connectivity index (χ4n) is 3.66. The zero-order valence-corrected chi connectivity index (χ0v) is 22.0. The molecule has 0 unspecified atom stereocenters. The van der Waals surface area contributed by atoms with Crippen LogP contribution >= 0.6 is 0 Å². The molecule has 12 heteroatoms. The third-order valence-electron chi connectivity index (χ3n) is 5.76. The normalized spacial score (nSPS) is 11.8. The lowest BCUT2D eigenvalue weighted by atomic mass is 10.1. The smallest absolute Gasteiger partial charge is 0.240 e. The Labute approximate surface area is 225 Å². The average molecular weight is 540 g/mol. The fraction of sp³-hybridized carbons (Fsp3) is 0.0741.